The molecule has 0 fully saturated rings. The number of guanidine groups is 1. The van der Waals surface area contributed by atoms with Crippen molar-refractivity contribution in [3.63, 3.8) is 0 Å². The Labute approximate surface area is 141 Å². The molecule has 0 aliphatic heterocycles. The van der Waals surface area contributed by atoms with Crippen molar-refractivity contribution in [1.82, 2.24) is 10.3 Å². The molecule has 0 saturated heterocycles. The summed E-state index contributed by atoms with van der Waals surface area (Å²) in [6.07, 6.45) is 2.54. The summed E-state index contributed by atoms with van der Waals surface area (Å²) in [6.45, 7) is 0.415. The van der Waals surface area contributed by atoms with E-state index >= 15 is 0 Å². The molecule has 2 rings (SSSR count). The van der Waals surface area contributed by atoms with E-state index in [1.807, 2.05) is 5.38 Å². The van der Waals surface area contributed by atoms with Crippen LogP contribution in [0.25, 0.3) is 0 Å². The molecule has 2 heterocycles. The van der Waals surface area contributed by atoms with Crippen LogP contribution in [0, 0.1) is 5.21 Å². The van der Waals surface area contributed by atoms with Gasteiger partial charge >= 0.3 is 0 Å². The van der Waals surface area contributed by atoms with Gasteiger partial charge in [0.05, 0.1) is 11.2 Å². The highest BCUT2D eigenvalue weighted by atomic mass is 32.2. The molecule has 2 aromatic heterocycles. The molecule has 1 atom stereocenters. The van der Waals surface area contributed by atoms with Crippen LogP contribution in [-0.2, 0) is 0 Å². The number of carbonyl (C=O) groups is 1. The van der Waals surface area contributed by atoms with Crippen molar-refractivity contribution >= 4 is 35.0 Å². The summed E-state index contributed by atoms with van der Waals surface area (Å²) in [6, 6.07) is 3.10. The van der Waals surface area contributed by atoms with E-state index in [0.29, 0.717) is 22.6 Å². The van der Waals surface area contributed by atoms with E-state index in [1.54, 1.807) is 11.6 Å². The predicted octanol–water partition coefficient (Wildman–Crippen LogP) is 0.212. The third-order valence-corrected chi connectivity index (χ3v) is 4.38. The second kappa shape index (κ2) is 8.34. The molecular formula is C13H16N6O2S2. The molecule has 0 aromatic carbocycles. The molecule has 0 saturated carbocycles. The first-order valence-electron chi connectivity index (χ1n) is 6.61. The summed E-state index contributed by atoms with van der Waals surface area (Å²) in [5, 5.41) is 15.4. The smallest absolute Gasteiger partial charge is 0.257 e. The van der Waals surface area contributed by atoms with Crippen LogP contribution in [-0.4, -0.2) is 29.1 Å². The van der Waals surface area contributed by atoms with E-state index in [9.17, 15) is 10.0 Å². The summed E-state index contributed by atoms with van der Waals surface area (Å²) < 4.78 is 0.584. The molecule has 1 amide bonds. The fraction of sp³-hybridized carbons (Fsp3) is 0.231. The van der Waals surface area contributed by atoms with Crippen molar-refractivity contribution in [2.45, 2.75) is 5.37 Å². The number of hydrogen-bond acceptors (Lipinski definition) is 6. The monoisotopic (exact) mass is 352 g/mol. The lowest BCUT2D eigenvalue weighted by atomic mass is 10.3. The van der Waals surface area contributed by atoms with Crippen molar-refractivity contribution in [2.75, 3.05) is 12.3 Å². The molecule has 8 nitrogen and oxygen atoms in total. The molecule has 2 aromatic rings. The van der Waals surface area contributed by atoms with E-state index in [0.717, 1.165) is 5.69 Å². The van der Waals surface area contributed by atoms with Crippen LogP contribution in [0.5, 0.6) is 0 Å². The molecule has 0 spiro atoms. The molecule has 122 valence electrons. The number of thioether (sulfide) groups is 1. The highest BCUT2D eigenvalue weighted by Crippen LogP contribution is 2.29. The van der Waals surface area contributed by atoms with Crippen molar-refractivity contribution in [1.29, 1.82) is 0 Å². The molecule has 0 radical (unpaired) electrons. The van der Waals surface area contributed by atoms with E-state index < -0.39 is 0 Å². The van der Waals surface area contributed by atoms with Crippen LogP contribution in [0.1, 0.15) is 21.4 Å². The molecule has 0 aliphatic carbocycles. The van der Waals surface area contributed by atoms with Gasteiger partial charge in [-0.1, -0.05) is 0 Å². The summed E-state index contributed by atoms with van der Waals surface area (Å²) in [5.74, 6) is 0.279. The van der Waals surface area contributed by atoms with Gasteiger partial charge in [-0.2, -0.15) is 4.73 Å². The number of nitrogens with zero attached hydrogens (tertiary/aromatic N) is 3. The van der Waals surface area contributed by atoms with E-state index in [1.165, 1.54) is 41.6 Å². The number of aliphatic imine (C=N–C) groups is 1. The number of nitrogens with two attached hydrogens (primary N) is 2. The minimum atomic E-state index is -0.303. The van der Waals surface area contributed by atoms with Gasteiger partial charge < -0.3 is 22.0 Å². The Balaban J connectivity index is 1.83. The lowest BCUT2D eigenvalue weighted by Crippen LogP contribution is -2.31. The topological polar surface area (TPSA) is 133 Å². The van der Waals surface area contributed by atoms with Crippen LogP contribution in [0.2, 0.25) is 0 Å². The zero-order chi connectivity index (χ0) is 16.7. The van der Waals surface area contributed by atoms with Gasteiger partial charge in [-0.3, -0.25) is 4.79 Å². The predicted molar refractivity (Wildman–Crippen MR) is 90.9 cm³/mol. The lowest BCUT2D eigenvalue weighted by Gasteiger charge is -2.10. The Kier molecular flexibility index (Phi) is 6.18. The number of carbonyl (C=O) groups excluding carboxylic acids is 1. The normalized spacial score (nSPS) is 11.7. The first-order chi connectivity index (χ1) is 11.1. The van der Waals surface area contributed by atoms with Crippen LogP contribution < -0.4 is 21.5 Å². The van der Waals surface area contributed by atoms with Gasteiger partial charge in [0.1, 0.15) is 10.9 Å². The van der Waals surface area contributed by atoms with Crippen LogP contribution >= 0.6 is 23.1 Å². The summed E-state index contributed by atoms with van der Waals surface area (Å²) in [4.78, 5) is 20.2. The number of hydrogen-bond donors (Lipinski definition) is 3. The van der Waals surface area contributed by atoms with Crippen molar-refractivity contribution in [3.8, 4) is 0 Å². The molecule has 10 heteroatoms. The average molecular weight is 352 g/mol. The molecule has 1 unspecified atom stereocenters. The Morgan fingerprint density at radius 3 is 3.04 bits per heavy atom. The van der Waals surface area contributed by atoms with Crippen molar-refractivity contribution in [2.24, 2.45) is 16.5 Å². The van der Waals surface area contributed by atoms with Gasteiger partial charge in [-0.05, 0) is 6.07 Å². The van der Waals surface area contributed by atoms with Gasteiger partial charge in [0, 0.05) is 23.7 Å². The third-order valence-electron chi connectivity index (χ3n) is 2.67. The minimum Gasteiger partial charge on any atom is -0.619 e. The van der Waals surface area contributed by atoms with Gasteiger partial charge in [-0.15, -0.1) is 23.1 Å². The third kappa shape index (κ3) is 5.42. The van der Waals surface area contributed by atoms with Crippen LogP contribution in [0.3, 0.4) is 0 Å². The quantitative estimate of drug-likeness (QED) is 0.214. The molecule has 5 N–H and O–H groups in total. The minimum absolute atomic E-state index is 0.0104. The molecule has 0 bridgehead atoms. The first-order valence-corrected chi connectivity index (χ1v) is 8.61. The average Bonchev–Trinajstić information content (AvgIpc) is 3.04. The second-order valence-electron chi connectivity index (χ2n) is 4.40. The zero-order valence-corrected chi connectivity index (χ0v) is 13.7. The van der Waals surface area contributed by atoms with Crippen molar-refractivity contribution < 1.29 is 9.52 Å². The maximum absolute atomic E-state index is 11.9. The van der Waals surface area contributed by atoms with Crippen LogP contribution in [0.15, 0.2) is 40.4 Å². The van der Waals surface area contributed by atoms with Crippen LogP contribution in [0.4, 0.5) is 0 Å². The highest BCUT2D eigenvalue weighted by Gasteiger charge is 2.14. The number of rotatable bonds is 7. The van der Waals surface area contributed by atoms with E-state index in [4.69, 9.17) is 11.5 Å². The fourth-order valence-corrected chi connectivity index (χ4v) is 3.29. The number of pyridine rings is 1. The van der Waals surface area contributed by atoms with Gasteiger partial charge in [-0.25, -0.2) is 9.98 Å². The number of amides is 1. The highest BCUT2D eigenvalue weighted by molar-refractivity contribution is 7.99. The summed E-state index contributed by atoms with van der Waals surface area (Å²) >= 11 is 2.92. The number of thiazole rings is 1. The Morgan fingerprint density at radius 1 is 1.57 bits per heavy atom. The SMILES string of the molecule is NC(N)=NC(SCCNC(=O)c1ccc[n+]([O-])c1)c1cscn1. The second-order valence-corrected chi connectivity index (χ2v) is 6.31. The molecule has 23 heavy (non-hydrogen) atoms. The van der Waals surface area contributed by atoms with Gasteiger partial charge in [0.25, 0.3) is 5.91 Å². The first kappa shape index (κ1) is 17.0. The maximum Gasteiger partial charge on any atom is 0.257 e. The number of nitrogens with one attached hydrogen (secondary N) is 1. The Bertz CT molecular complexity index is 673. The molecular weight excluding hydrogens is 336 g/mol. The van der Waals surface area contributed by atoms with Gasteiger partial charge in [0.2, 0.25) is 0 Å². The standard InChI is InChI=1S/C13H16N6O2S2/c14-13(15)18-12(10-7-22-8-17-10)23-5-3-16-11(20)9-2-1-4-19(21)6-9/h1-2,4,6-8,12H,3,5H2,(H,16,20)(H4,14,15,18). The largest absolute Gasteiger partial charge is 0.619 e. The van der Waals surface area contributed by atoms with E-state index in [-0.39, 0.29) is 17.2 Å². The lowest BCUT2D eigenvalue weighted by molar-refractivity contribution is -0.605. The van der Waals surface area contributed by atoms with Crippen molar-refractivity contribution in [3.05, 3.63) is 51.9 Å². The fourth-order valence-electron chi connectivity index (χ4n) is 1.69. The maximum atomic E-state index is 11.9. The Morgan fingerprint density at radius 2 is 2.39 bits per heavy atom. The van der Waals surface area contributed by atoms with Gasteiger partial charge in [0.15, 0.2) is 18.4 Å². The zero-order valence-electron chi connectivity index (χ0n) is 12.1. The number of aromatic nitrogens is 2. The Hall–Kier alpha value is -2.33. The van der Waals surface area contributed by atoms with E-state index in [2.05, 4.69) is 15.3 Å². The summed E-state index contributed by atoms with van der Waals surface area (Å²) in [7, 11) is 0. The summed E-state index contributed by atoms with van der Waals surface area (Å²) in [5.41, 5.74) is 13.7. The molecule has 0 aliphatic rings.